The molecule has 2 heterocycles. The number of aromatic nitrogens is 3. The highest BCUT2D eigenvalue weighted by molar-refractivity contribution is 5.74. The number of nitrogens with one attached hydrogen (secondary N) is 1. The molecule has 2 aromatic rings. The second kappa shape index (κ2) is 7.00. The van der Waals surface area contributed by atoms with E-state index in [0.717, 1.165) is 29.8 Å². The minimum absolute atomic E-state index is 0.188. The molecule has 0 bridgehead atoms. The van der Waals surface area contributed by atoms with Crippen molar-refractivity contribution in [3.63, 3.8) is 0 Å². The number of carboxylic acid groups (broad SMARTS) is 1. The lowest BCUT2D eigenvalue weighted by molar-refractivity contribution is -0.138. The van der Waals surface area contributed by atoms with Crippen molar-refractivity contribution >= 4 is 5.97 Å². The number of carbonyl (C=O) groups is 1. The van der Waals surface area contributed by atoms with Crippen molar-refractivity contribution in [1.82, 2.24) is 15.2 Å². The minimum atomic E-state index is -0.692. The number of H-pyrrole nitrogens is 1. The number of nitrogens with zero attached hydrogens (tertiary/aromatic N) is 2. The summed E-state index contributed by atoms with van der Waals surface area (Å²) < 4.78 is 5.82. The Balaban J connectivity index is 1.33. The van der Waals surface area contributed by atoms with E-state index < -0.39 is 5.97 Å². The molecule has 132 valence electrons. The van der Waals surface area contributed by atoms with Crippen LogP contribution in [0.5, 0.6) is 5.75 Å². The number of aliphatic carboxylic acids is 1. The Kier molecular flexibility index (Phi) is 4.39. The molecule has 2 unspecified atom stereocenters. The largest absolute Gasteiger partial charge is 0.487 e. The van der Waals surface area contributed by atoms with Crippen molar-refractivity contribution in [2.75, 3.05) is 6.61 Å². The van der Waals surface area contributed by atoms with Gasteiger partial charge in [-0.3, -0.25) is 14.9 Å². The smallest absolute Gasteiger partial charge is 0.307 e. The van der Waals surface area contributed by atoms with Crippen LogP contribution in [0.1, 0.15) is 12.8 Å². The number of allylic oxidation sites excluding steroid dienone is 4. The number of hydrogen-bond acceptors (Lipinski definition) is 4. The van der Waals surface area contributed by atoms with E-state index in [-0.39, 0.29) is 11.8 Å². The monoisotopic (exact) mass is 349 g/mol. The van der Waals surface area contributed by atoms with Crippen LogP contribution in [0.25, 0.3) is 11.4 Å². The molecule has 0 saturated heterocycles. The summed E-state index contributed by atoms with van der Waals surface area (Å²) >= 11 is 0. The number of pyridine rings is 1. The lowest BCUT2D eigenvalue weighted by atomic mass is 10.1. The van der Waals surface area contributed by atoms with Gasteiger partial charge in [-0.2, -0.15) is 5.10 Å². The molecule has 2 N–H and O–H groups in total. The molecule has 2 aliphatic rings. The van der Waals surface area contributed by atoms with Crippen LogP contribution in [0.4, 0.5) is 0 Å². The summed E-state index contributed by atoms with van der Waals surface area (Å²) in [4.78, 5) is 15.4. The van der Waals surface area contributed by atoms with E-state index in [1.165, 1.54) is 5.57 Å². The first kappa shape index (κ1) is 16.3. The van der Waals surface area contributed by atoms with Crippen LogP contribution >= 0.6 is 0 Å². The molecule has 6 heteroatoms. The maximum absolute atomic E-state index is 11.0. The van der Waals surface area contributed by atoms with Gasteiger partial charge in [-0.25, -0.2) is 0 Å². The molecule has 0 aromatic carbocycles. The van der Waals surface area contributed by atoms with Crippen LogP contribution < -0.4 is 4.74 Å². The van der Waals surface area contributed by atoms with Gasteiger partial charge >= 0.3 is 5.97 Å². The molecule has 26 heavy (non-hydrogen) atoms. The summed E-state index contributed by atoms with van der Waals surface area (Å²) in [5.74, 6) is -0.0101. The van der Waals surface area contributed by atoms with E-state index >= 15 is 0 Å². The van der Waals surface area contributed by atoms with E-state index in [1.54, 1.807) is 12.4 Å². The number of ether oxygens (including phenoxy) is 1. The van der Waals surface area contributed by atoms with Crippen LogP contribution in [0.15, 0.2) is 66.0 Å². The maximum Gasteiger partial charge on any atom is 0.307 e. The summed E-state index contributed by atoms with van der Waals surface area (Å²) in [6, 6.07) is 5.64. The van der Waals surface area contributed by atoms with Crippen LogP contribution in [-0.4, -0.2) is 32.9 Å². The van der Waals surface area contributed by atoms with Gasteiger partial charge in [0.1, 0.15) is 12.4 Å². The van der Waals surface area contributed by atoms with Gasteiger partial charge in [0.05, 0.1) is 23.5 Å². The number of hydrogen-bond donors (Lipinski definition) is 2. The quantitative estimate of drug-likeness (QED) is 0.835. The Labute approximate surface area is 150 Å². The third kappa shape index (κ3) is 3.59. The molecule has 1 saturated carbocycles. The van der Waals surface area contributed by atoms with Crippen molar-refractivity contribution in [3.05, 3.63) is 66.0 Å². The predicted molar refractivity (Wildman–Crippen MR) is 96.5 cm³/mol. The molecule has 4 rings (SSSR count). The predicted octanol–water partition coefficient (Wildman–Crippen LogP) is 3.38. The summed E-state index contributed by atoms with van der Waals surface area (Å²) in [5.41, 5.74) is 3.94. The van der Waals surface area contributed by atoms with Crippen LogP contribution in [0, 0.1) is 11.8 Å². The minimum Gasteiger partial charge on any atom is -0.487 e. The molecule has 2 atom stereocenters. The highest BCUT2D eigenvalue weighted by Crippen LogP contribution is 2.46. The van der Waals surface area contributed by atoms with Gasteiger partial charge in [0.15, 0.2) is 0 Å². The van der Waals surface area contributed by atoms with E-state index in [0.29, 0.717) is 12.4 Å². The van der Waals surface area contributed by atoms with Crippen molar-refractivity contribution in [2.24, 2.45) is 11.8 Å². The second-order valence-corrected chi connectivity index (χ2v) is 6.51. The fourth-order valence-electron chi connectivity index (χ4n) is 3.13. The molecular weight excluding hydrogens is 330 g/mol. The van der Waals surface area contributed by atoms with Gasteiger partial charge in [-0.1, -0.05) is 29.9 Å². The van der Waals surface area contributed by atoms with Gasteiger partial charge in [0, 0.05) is 6.20 Å². The Morgan fingerprint density at radius 1 is 1.35 bits per heavy atom. The average molecular weight is 349 g/mol. The molecule has 0 radical (unpaired) electrons. The Bertz CT molecular complexity index is 880. The SMILES string of the molecule is O=C(O)C1CC1C1=CC=CC(COc2ccc(-c3ccn[nH]3)nc2)=CC1. The molecule has 6 nitrogen and oxygen atoms in total. The number of aromatic amines is 1. The van der Waals surface area contributed by atoms with E-state index in [9.17, 15) is 4.79 Å². The van der Waals surface area contributed by atoms with Crippen molar-refractivity contribution in [2.45, 2.75) is 12.8 Å². The Morgan fingerprint density at radius 2 is 2.27 bits per heavy atom. The van der Waals surface area contributed by atoms with Crippen LogP contribution in [-0.2, 0) is 4.79 Å². The third-order valence-corrected chi connectivity index (χ3v) is 4.72. The lowest BCUT2D eigenvalue weighted by Gasteiger charge is -2.07. The first-order valence-corrected chi connectivity index (χ1v) is 8.58. The summed E-state index contributed by atoms with van der Waals surface area (Å²) in [6.45, 7) is 0.454. The molecule has 0 spiro atoms. The van der Waals surface area contributed by atoms with Crippen LogP contribution in [0.2, 0.25) is 0 Å². The van der Waals surface area contributed by atoms with E-state index in [4.69, 9.17) is 9.84 Å². The average Bonchev–Trinajstić information content (AvgIpc) is 3.33. The molecule has 2 aliphatic carbocycles. The zero-order valence-electron chi connectivity index (χ0n) is 14.1. The first-order valence-electron chi connectivity index (χ1n) is 8.58. The molecule has 1 fully saturated rings. The normalized spacial score (nSPS) is 21.5. The summed E-state index contributed by atoms with van der Waals surface area (Å²) in [5, 5.41) is 15.9. The maximum atomic E-state index is 11.0. The third-order valence-electron chi connectivity index (χ3n) is 4.72. The highest BCUT2D eigenvalue weighted by Gasteiger charge is 2.44. The van der Waals surface area contributed by atoms with Gasteiger partial charge in [0.2, 0.25) is 0 Å². The van der Waals surface area contributed by atoms with Crippen LogP contribution in [0.3, 0.4) is 0 Å². The standard InChI is InChI=1S/C20H19N3O3/c24-20(25)17-10-16(17)14-3-1-2-13(4-5-14)12-26-15-6-7-18(21-11-15)19-8-9-22-23-19/h1-4,6-9,11,16-17H,5,10,12H2,(H,22,23)(H,24,25). The zero-order valence-corrected chi connectivity index (χ0v) is 14.1. The number of carboxylic acids is 1. The first-order chi connectivity index (χ1) is 12.7. The lowest BCUT2D eigenvalue weighted by Crippen LogP contribution is -2.01. The summed E-state index contributed by atoms with van der Waals surface area (Å²) in [7, 11) is 0. The van der Waals surface area contributed by atoms with Gasteiger partial charge in [-0.15, -0.1) is 0 Å². The molecular formula is C20H19N3O3. The van der Waals surface area contributed by atoms with E-state index in [1.807, 2.05) is 36.4 Å². The topological polar surface area (TPSA) is 88.1 Å². The molecule has 0 aliphatic heterocycles. The second-order valence-electron chi connectivity index (χ2n) is 6.51. The highest BCUT2D eigenvalue weighted by atomic mass is 16.5. The molecule has 2 aromatic heterocycles. The van der Waals surface area contributed by atoms with Gasteiger partial charge < -0.3 is 9.84 Å². The fourth-order valence-corrected chi connectivity index (χ4v) is 3.13. The van der Waals surface area contributed by atoms with Crippen molar-refractivity contribution in [3.8, 4) is 17.1 Å². The zero-order chi connectivity index (χ0) is 17.9. The van der Waals surface area contributed by atoms with Crippen molar-refractivity contribution < 1.29 is 14.6 Å². The molecule has 0 amide bonds. The van der Waals surface area contributed by atoms with Gasteiger partial charge in [0.25, 0.3) is 0 Å². The van der Waals surface area contributed by atoms with Gasteiger partial charge in [-0.05, 0) is 42.5 Å². The van der Waals surface area contributed by atoms with Crippen molar-refractivity contribution in [1.29, 1.82) is 0 Å². The number of rotatable bonds is 6. The fraction of sp³-hybridized carbons (Fsp3) is 0.250. The Morgan fingerprint density at radius 3 is 2.96 bits per heavy atom. The Hall–Kier alpha value is -3.15. The van der Waals surface area contributed by atoms with E-state index in [2.05, 4.69) is 21.3 Å². The summed E-state index contributed by atoms with van der Waals surface area (Å²) in [6.07, 6.45) is 13.1.